The van der Waals surface area contributed by atoms with Gasteiger partial charge in [0.15, 0.2) is 5.78 Å². The number of para-hydroxylation sites is 1. The molecule has 0 aromatic heterocycles. The standard InChI is InChI=1S/C23H26NO4PS/c1-3-27-29(26,28-4-2)23(18-11-10-12-19(25)17-18)24-21-15-8-9-16-22(21)30-20-13-6-5-7-14-20/h5-17,23-25H,3-4H2,1-2H3. The molecule has 0 aliphatic rings. The van der Waals surface area contributed by atoms with Crippen molar-refractivity contribution in [2.24, 2.45) is 0 Å². The number of aromatic hydroxyl groups is 1. The molecule has 0 fully saturated rings. The van der Waals surface area contributed by atoms with Crippen LogP contribution in [0.1, 0.15) is 25.2 Å². The van der Waals surface area contributed by atoms with Crippen LogP contribution in [0.15, 0.2) is 88.7 Å². The van der Waals surface area contributed by atoms with Crippen LogP contribution in [0.25, 0.3) is 0 Å². The summed E-state index contributed by atoms with van der Waals surface area (Å²) in [6, 6.07) is 24.5. The first-order chi connectivity index (χ1) is 14.6. The molecule has 0 aliphatic heterocycles. The van der Waals surface area contributed by atoms with E-state index in [9.17, 15) is 9.67 Å². The number of benzene rings is 3. The number of anilines is 1. The molecule has 0 radical (unpaired) electrons. The number of rotatable bonds is 10. The topological polar surface area (TPSA) is 67.8 Å². The summed E-state index contributed by atoms with van der Waals surface area (Å²) in [7, 11) is -3.57. The van der Waals surface area contributed by atoms with E-state index < -0.39 is 13.4 Å². The summed E-state index contributed by atoms with van der Waals surface area (Å²) in [6.07, 6.45) is 0. The second kappa shape index (κ2) is 10.7. The Morgan fingerprint density at radius 2 is 1.60 bits per heavy atom. The Morgan fingerprint density at radius 3 is 2.27 bits per heavy atom. The van der Waals surface area contributed by atoms with Gasteiger partial charge in [-0.3, -0.25) is 4.57 Å². The maximum atomic E-state index is 13.7. The molecule has 0 spiro atoms. The summed E-state index contributed by atoms with van der Waals surface area (Å²) in [6.45, 7) is 4.05. The largest absolute Gasteiger partial charge is 0.508 e. The van der Waals surface area contributed by atoms with Crippen molar-refractivity contribution >= 4 is 25.0 Å². The van der Waals surface area contributed by atoms with Crippen molar-refractivity contribution < 1.29 is 18.7 Å². The van der Waals surface area contributed by atoms with E-state index in [1.54, 1.807) is 49.9 Å². The molecule has 0 saturated carbocycles. The van der Waals surface area contributed by atoms with Crippen molar-refractivity contribution in [2.75, 3.05) is 18.5 Å². The van der Waals surface area contributed by atoms with Crippen LogP contribution in [0.5, 0.6) is 5.75 Å². The van der Waals surface area contributed by atoms with Gasteiger partial charge in [0.1, 0.15) is 5.75 Å². The molecule has 30 heavy (non-hydrogen) atoms. The van der Waals surface area contributed by atoms with Crippen LogP contribution in [0.3, 0.4) is 0 Å². The zero-order chi connectivity index (χ0) is 21.4. The van der Waals surface area contributed by atoms with E-state index in [-0.39, 0.29) is 19.0 Å². The minimum Gasteiger partial charge on any atom is -0.508 e. The smallest absolute Gasteiger partial charge is 0.357 e. The van der Waals surface area contributed by atoms with Gasteiger partial charge in [-0.25, -0.2) is 0 Å². The van der Waals surface area contributed by atoms with E-state index in [0.29, 0.717) is 5.56 Å². The molecule has 3 aromatic carbocycles. The predicted octanol–water partition coefficient (Wildman–Crippen LogP) is 6.92. The lowest BCUT2D eigenvalue weighted by Gasteiger charge is -2.29. The second-order valence-corrected chi connectivity index (χ2v) is 9.66. The Hall–Kier alpha value is -2.24. The fourth-order valence-corrected chi connectivity index (χ4v) is 5.87. The second-order valence-electron chi connectivity index (χ2n) is 6.43. The average molecular weight is 444 g/mol. The SMILES string of the molecule is CCOP(=O)(OCC)C(Nc1ccccc1Sc1ccccc1)c1cccc(O)c1. The Morgan fingerprint density at radius 1 is 0.933 bits per heavy atom. The molecule has 0 heterocycles. The van der Waals surface area contributed by atoms with E-state index in [1.807, 2.05) is 54.6 Å². The third kappa shape index (κ3) is 5.67. The summed E-state index contributed by atoms with van der Waals surface area (Å²) < 4.78 is 25.0. The third-order valence-corrected chi connectivity index (χ3v) is 7.65. The van der Waals surface area contributed by atoms with Crippen LogP contribution >= 0.6 is 19.4 Å². The molecule has 3 rings (SSSR count). The van der Waals surface area contributed by atoms with Crippen molar-refractivity contribution in [3.8, 4) is 5.75 Å². The monoisotopic (exact) mass is 443 g/mol. The zero-order valence-electron chi connectivity index (χ0n) is 17.0. The van der Waals surface area contributed by atoms with E-state index in [0.717, 1.165) is 15.5 Å². The fourth-order valence-electron chi connectivity index (χ4n) is 3.02. The highest BCUT2D eigenvalue weighted by Crippen LogP contribution is 2.61. The van der Waals surface area contributed by atoms with Gasteiger partial charge in [-0.1, -0.05) is 54.2 Å². The minimum atomic E-state index is -3.57. The van der Waals surface area contributed by atoms with Gasteiger partial charge in [0.05, 0.1) is 13.2 Å². The Bertz CT molecular complexity index is 989. The quantitative estimate of drug-likeness (QED) is 0.332. The Labute approximate surface area is 182 Å². The zero-order valence-corrected chi connectivity index (χ0v) is 18.7. The summed E-state index contributed by atoms with van der Waals surface area (Å²) in [4.78, 5) is 2.08. The summed E-state index contributed by atoms with van der Waals surface area (Å²) in [5.74, 6) is -0.687. The molecule has 0 bridgehead atoms. The first-order valence-electron chi connectivity index (χ1n) is 9.82. The van der Waals surface area contributed by atoms with Gasteiger partial charge in [0.25, 0.3) is 0 Å². The van der Waals surface area contributed by atoms with Crippen LogP contribution in [-0.4, -0.2) is 18.3 Å². The lowest BCUT2D eigenvalue weighted by atomic mass is 10.2. The normalized spacial score (nSPS) is 12.5. The maximum absolute atomic E-state index is 13.7. The number of nitrogens with one attached hydrogen (secondary N) is 1. The lowest BCUT2D eigenvalue weighted by molar-refractivity contribution is 0.214. The Balaban J connectivity index is 2.01. The van der Waals surface area contributed by atoms with Gasteiger partial charge in [-0.15, -0.1) is 0 Å². The molecule has 0 saturated heterocycles. The Kier molecular flexibility index (Phi) is 8.00. The molecule has 1 atom stereocenters. The average Bonchev–Trinajstić information content (AvgIpc) is 2.74. The minimum absolute atomic E-state index is 0.0887. The fraction of sp³-hybridized carbons (Fsp3) is 0.217. The molecule has 5 nitrogen and oxygen atoms in total. The molecule has 2 N–H and O–H groups in total. The summed E-state index contributed by atoms with van der Waals surface area (Å²) in [5.41, 5.74) is 1.43. The van der Waals surface area contributed by atoms with Crippen LogP contribution in [0, 0.1) is 0 Å². The predicted molar refractivity (Wildman–Crippen MR) is 122 cm³/mol. The van der Waals surface area contributed by atoms with Gasteiger partial charge in [-0.05, 0) is 55.8 Å². The van der Waals surface area contributed by atoms with Crippen molar-refractivity contribution in [3.63, 3.8) is 0 Å². The van der Waals surface area contributed by atoms with Gasteiger partial charge in [-0.2, -0.15) is 0 Å². The molecule has 158 valence electrons. The first kappa shape index (κ1) is 22.4. The van der Waals surface area contributed by atoms with Crippen molar-refractivity contribution in [1.29, 1.82) is 0 Å². The highest BCUT2D eigenvalue weighted by atomic mass is 32.2. The number of phenols is 1. The lowest BCUT2D eigenvalue weighted by Crippen LogP contribution is -2.15. The van der Waals surface area contributed by atoms with Crippen LogP contribution in [0.4, 0.5) is 5.69 Å². The number of hydrogen-bond donors (Lipinski definition) is 2. The molecule has 0 amide bonds. The summed E-state index contributed by atoms with van der Waals surface area (Å²) >= 11 is 1.61. The highest BCUT2D eigenvalue weighted by Gasteiger charge is 2.37. The molecule has 3 aromatic rings. The van der Waals surface area contributed by atoms with Crippen molar-refractivity contribution in [3.05, 3.63) is 84.4 Å². The van der Waals surface area contributed by atoms with Gasteiger partial charge in [0, 0.05) is 15.5 Å². The van der Waals surface area contributed by atoms with Gasteiger partial charge in [0.2, 0.25) is 0 Å². The maximum Gasteiger partial charge on any atom is 0.357 e. The molecule has 1 unspecified atom stereocenters. The summed E-state index contributed by atoms with van der Waals surface area (Å²) in [5, 5.41) is 13.4. The van der Waals surface area contributed by atoms with E-state index >= 15 is 0 Å². The van der Waals surface area contributed by atoms with Gasteiger partial charge < -0.3 is 19.5 Å². The molecular formula is C23H26NO4PS. The molecule has 7 heteroatoms. The molecule has 0 aliphatic carbocycles. The first-order valence-corrected chi connectivity index (χ1v) is 12.2. The van der Waals surface area contributed by atoms with Crippen LogP contribution in [-0.2, 0) is 13.6 Å². The van der Waals surface area contributed by atoms with E-state index in [4.69, 9.17) is 9.05 Å². The number of hydrogen-bond acceptors (Lipinski definition) is 6. The molecular weight excluding hydrogens is 417 g/mol. The van der Waals surface area contributed by atoms with Crippen molar-refractivity contribution in [2.45, 2.75) is 29.4 Å². The van der Waals surface area contributed by atoms with E-state index in [1.165, 1.54) is 0 Å². The third-order valence-electron chi connectivity index (χ3n) is 4.27. The highest BCUT2D eigenvalue weighted by molar-refractivity contribution is 7.99. The number of phenolic OH excluding ortho intramolecular Hbond substituents is 1. The van der Waals surface area contributed by atoms with Crippen molar-refractivity contribution in [1.82, 2.24) is 0 Å². The van der Waals surface area contributed by atoms with Crippen LogP contribution in [0.2, 0.25) is 0 Å². The van der Waals surface area contributed by atoms with Crippen LogP contribution < -0.4 is 5.32 Å². The van der Waals surface area contributed by atoms with Gasteiger partial charge >= 0.3 is 7.60 Å². The van der Waals surface area contributed by atoms with E-state index in [2.05, 4.69) is 5.32 Å².